The van der Waals surface area contributed by atoms with Gasteiger partial charge in [-0.2, -0.15) is 0 Å². The SMILES string of the molecule is C=C1C[C@@H](C(=O)OCc2ccccc2)N(C(=O)O)C1. The standard InChI is InChI=1S/C14H15NO4/c1-10-7-12(15(8-10)14(17)18)13(16)19-9-11-5-3-2-4-6-11/h2-6,12H,1,7-9H2,(H,17,18)/t12-/m0/s1. The average molecular weight is 261 g/mol. The van der Waals surface area contributed by atoms with E-state index in [1.54, 1.807) is 0 Å². The Labute approximate surface area is 111 Å². The summed E-state index contributed by atoms with van der Waals surface area (Å²) >= 11 is 0. The number of benzene rings is 1. The van der Waals surface area contributed by atoms with E-state index in [1.807, 2.05) is 30.3 Å². The maximum Gasteiger partial charge on any atom is 0.408 e. The van der Waals surface area contributed by atoms with Crippen molar-refractivity contribution in [3.63, 3.8) is 0 Å². The molecule has 1 aliphatic rings. The maximum absolute atomic E-state index is 11.9. The molecule has 19 heavy (non-hydrogen) atoms. The molecule has 1 heterocycles. The third-order valence-corrected chi connectivity index (χ3v) is 2.99. The zero-order chi connectivity index (χ0) is 13.8. The normalized spacial score (nSPS) is 18.4. The Hall–Kier alpha value is -2.30. The summed E-state index contributed by atoms with van der Waals surface area (Å²) in [5.41, 5.74) is 1.60. The summed E-state index contributed by atoms with van der Waals surface area (Å²) in [4.78, 5) is 24.0. The monoisotopic (exact) mass is 261 g/mol. The predicted octanol–water partition coefficient (Wildman–Crippen LogP) is 2.04. The van der Waals surface area contributed by atoms with Crippen LogP contribution in [0.5, 0.6) is 0 Å². The minimum atomic E-state index is -1.12. The smallest absolute Gasteiger partial charge is 0.408 e. The molecule has 0 spiro atoms. The molecule has 0 radical (unpaired) electrons. The van der Waals surface area contributed by atoms with Crippen molar-refractivity contribution in [3.05, 3.63) is 48.0 Å². The molecular formula is C14H15NO4. The lowest BCUT2D eigenvalue weighted by Gasteiger charge is -2.19. The Morgan fingerprint density at radius 1 is 1.37 bits per heavy atom. The third kappa shape index (κ3) is 3.13. The van der Waals surface area contributed by atoms with E-state index in [0.29, 0.717) is 6.42 Å². The molecule has 2 rings (SSSR count). The fraction of sp³-hybridized carbons (Fsp3) is 0.286. The molecule has 0 aromatic heterocycles. The Bertz CT molecular complexity index is 497. The van der Waals surface area contributed by atoms with Crippen LogP contribution in [0.25, 0.3) is 0 Å². The summed E-state index contributed by atoms with van der Waals surface area (Å²) in [5.74, 6) is -0.523. The molecule has 0 aliphatic carbocycles. The number of esters is 1. The number of nitrogens with zero attached hydrogens (tertiary/aromatic N) is 1. The van der Waals surface area contributed by atoms with Crippen molar-refractivity contribution < 1.29 is 19.4 Å². The van der Waals surface area contributed by atoms with Crippen LogP contribution < -0.4 is 0 Å². The summed E-state index contributed by atoms with van der Waals surface area (Å²) in [6, 6.07) is 8.49. The molecule has 1 amide bonds. The third-order valence-electron chi connectivity index (χ3n) is 2.99. The van der Waals surface area contributed by atoms with E-state index in [0.717, 1.165) is 16.0 Å². The molecule has 0 bridgehead atoms. The zero-order valence-electron chi connectivity index (χ0n) is 10.4. The van der Waals surface area contributed by atoms with Gasteiger partial charge in [-0.25, -0.2) is 9.59 Å². The molecule has 0 unspecified atom stereocenters. The number of carbonyl (C=O) groups is 2. The molecular weight excluding hydrogens is 246 g/mol. The van der Waals surface area contributed by atoms with Crippen LogP contribution in [-0.2, 0) is 16.1 Å². The number of ether oxygens (including phenoxy) is 1. The number of likely N-dealkylation sites (tertiary alicyclic amines) is 1. The van der Waals surface area contributed by atoms with Gasteiger partial charge < -0.3 is 9.84 Å². The lowest BCUT2D eigenvalue weighted by molar-refractivity contribution is -0.149. The first-order chi connectivity index (χ1) is 9.08. The summed E-state index contributed by atoms with van der Waals surface area (Å²) in [6.07, 6.45) is -0.791. The van der Waals surface area contributed by atoms with Crippen molar-refractivity contribution in [2.75, 3.05) is 6.54 Å². The van der Waals surface area contributed by atoms with Gasteiger partial charge in [0.2, 0.25) is 0 Å². The minimum absolute atomic E-state index is 0.149. The van der Waals surface area contributed by atoms with Gasteiger partial charge in [0.25, 0.3) is 0 Å². The van der Waals surface area contributed by atoms with Crippen LogP contribution in [0.2, 0.25) is 0 Å². The van der Waals surface area contributed by atoms with E-state index in [9.17, 15) is 9.59 Å². The topological polar surface area (TPSA) is 66.8 Å². The van der Waals surface area contributed by atoms with Crippen molar-refractivity contribution in [2.45, 2.75) is 19.1 Å². The first kappa shape index (κ1) is 13.1. The van der Waals surface area contributed by atoms with Crippen molar-refractivity contribution >= 4 is 12.1 Å². The van der Waals surface area contributed by atoms with Crippen LogP contribution >= 0.6 is 0 Å². The highest BCUT2D eigenvalue weighted by Crippen LogP contribution is 2.22. The van der Waals surface area contributed by atoms with Gasteiger partial charge in [-0.3, -0.25) is 4.90 Å². The summed E-state index contributed by atoms with van der Waals surface area (Å²) in [6.45, 7) is 4.07. The fourth-order valence-corrected chi connectivity index (χ4v) is 2.04. The second-order valence-corrected chi connectivity index (χ2v) is 4.47. The number of carbonyl (C=O) groups excluding carboxylic acids is 1. The predicted molar refractivity (Wildman–Crippen MR) is 68.5 cm³/mol. The highest BCUT2D eigenvalue weighted by molar-refractivity contribution is 5.82. The Kier molecular flexibility index (Phi) is 3.85. The Morgan fingerprint density at radius 3 is 2.68 bits per heavy atom. The van der Waals surface area contributed by atoms with Crippen LogP contribution in [0.1, 0.15) is 12.0 Å². The van der Waals surface area contributed by atoms with Crippen molar-refractivity contribution in [2.24, 2.45) is 0 Å². The number of hydrogen-bond donors (Lipinski definition) is 1. The van der Waals surface area contributed by atoms with Gasteiger partial charge in [-0.05, 0) is 5.56 Å². The lowest BCUT2D eigenvalue weighted by Crippen LogP contribution is -2.40. The highest BCUT2D eigenvalue weighted by atomic mass is 16.5. The van der Waals surface area contributed by atoms with Gasteiger partial charge in [0.15, 0.2) is 0 Å². The molecule has 100 valence electrons. The maximum atomic E-state index is 11.9. The largest absolute Gasteiger partial charge is 0.465 e. The van der Waals surface area contributed by atoms with Crippen molar-refractivity contribution in [1.29, 1.82) is 0 Å². The zero-order valence-corrected chi connectivity index (χ0v) is 10.4. The molecule has 1 N–H and O–H groups in total. The number of amides is 1. The van der Waals surface area contributed by atoms with Crippen LogP contribution in [0, 0.1) is 0 Å². The van der Waals surface area contributed by atoms with Gasteiger partial charge in [0, 0.05) is 13.0 Å². The van der Waals surface area contributed by atoms with E-state index in [2.05, 4.69) is 6.58 Å². The summed E-state index contributed by atoms with van der Waals surface area (Å²) in [5, 5.41) is 9.01. The van der Waals surface area contributed by atoms with E-state index >= 15 is 0 Å². The van der Waals surface area contributed by atoms with Crippen molar-refractivity contribution in [1.82, 2.24) is 4.90 Å². The lowest BCUT2D eigenvalue weighted by atomic mass is 10.2. The first-order valence-electron chi connectivity index (χ1n) is 5.94. The quantitative estimate of drug-likeness (QED) is 0.668. The van der Waals surface area contributed by atoms with E-state index < -0.39 is 18.1 Å². The van der Waals surface area contributed by atoms with Crippen LogP contribution in [0.3, 0.4) is 0 Å². The molecule has 0 saturated carbocycles. The average Bonchev–Trinajstić information content (AvgIpc) is 2.79. The Balaban J connectivity index is 1.96. The molecule has 1 aliphatic heterocycles. The van der Waals surface area contributed by atoms with E-state index in [1.165, 1.54) is 0 Å². The van der Waals surface area contributed by atoms with Crippen molar-refractivity contribution in [3.8, 4) is 0 Å². The molecule has 1 fully saturated rings. The molecule has 1 atom stereocenters. The minimum Gasteiger partial charge on any atom is -0.465 e. The van der Waals surface area contributed by atoms with E-state index in [4.69, 9.17) is 9.84 Å². The van der Waals surface area contributed by atoms with Crippen LogP contribution in [-0.4, -0.2) is 34.7 Å². The highest BCUT2D eigenvalue weighted by Gasteiger charge is 2.37. The van der Waals surface area contributed by atoms with Gasteiger partial charge >= 0.3 is 12.1 Å². The number of rotatable bonds is 3. The van der Waals surface area contributed by atoms with Gasteiger partial charge in [0.1, 0.15) is 12.6 Å². The second-order valence-electron chi connectivity index (χ2n) is 4.47. The van der Waals surface area contributed by atoms with Gasteiger partial charge in [0.05, 0.1) is 0 Å². The van der Waals surface area contributed by atoms with Crippen LogP contribution in [0.4, 0.5) is 4.79 Å². The van der Waals surface area contributed by atoms with E-state index in [-0.39, 0.29) is 13.2 Å². The second kappa shape index (κ2) is 5.56. The molecule has 1 saturated heterocycles. The fourth-order valence-electron chi connectivity index (χ4n) is 2.04. The molecule has 5 nitrogen and oxygen atoms in total. The summed E-state index contributed by atoms with van der Waals surface area (Å²) in [7, 11) is 0. The Morgan fingerprint density at radius 2 is 2.05 bits per heavy atom. The van der Waals surface area contributed by atoms with Crippen LogP contribution in [0.15, 0.2) is 42.5 Å². The number of hydrogen-bond acceptors (Lipinski definition) is 3. The molecule has 1 aromatic rings. The first-order valence-corrected chi connectivity index (χ1v) is 5.94. The summed E-state index contributed by atoms with van der Waals surface area (Å²) < 4.78 is 5.16. The van der Waals surface area contributed by atoms with Gasteiger partial charge in [-0.15, -0.1) is 0 Å². The molecule has 1 aromatic carbocycles. The number of carboxylic acid groups (broad SMARTS) is 1. The van der Waals surface area contributed by atoms with Gasteiger partial charge in [-0.1, -0.05) is 42.5 Å². The molecule has 5 heteroatoms.